The molecule has 0 bridgehead atoms. The molecule has 1 heterocycles. The molecule has 1 unspecified atom stereocenters. The molecule has 0 saturated heterocycles. The molecular weight excluding hydrogens is 340 g/mol. The Morgan fingerprint density at radius 2 is 1.89 bits per heavy atom. The number of benzene rings is 2. The van der Waals surface area contributed by atoms with Crippen LogP contribution in [0.1, 0.15) is 31.2 Å². The Labute approximate surface area is 158 Å². The van der Waals surface area contributed by atoms with Gasteiger partial charge in [0.1, 0.15) is 11.5 Å². The number of para-hydroxylation sites is 2. The zero-order valence-electron chi connectivity index (χ0n) is 15.7. The molecule has 2 aliphatic rings. The zero-order valence-corrected chi connectivity index (χ0v) is 15.7. The Morgan fingerprint density at radius 1 is 1.07 bits per heavy atom. The highest BCUT2D eigenvalue weighted by molar-refractivity contribution is 6.26. The van der Waals surface area contributed by atoms with Crippen molar-refractivity contribution in [1.82, 2.24) is 0 Å². The first-order valence-corrected chi connectivity index (χ1v) is 9.00. The highest BCUT2D eigenvalue weighted by Gasteiger charge is 2.34. The molecule has 138 valence electrons. The van der Waals surface area contributed by atoms with Crippen LogP contribution in [0.3, 0.4) is 0 Å². The summed E-state index contributed by atoms with van der Waals surface area (Å²) in [4.78, 5) is 17.8. The molecule has 2 aromatic carbocycles. The molecule has 1 atom stereocenters. The number of aliphatic imine (C=N–C) groups is 1. The molecule has 1 saturated carbocycles. The highest BCUT2D eigenvalue weighted by atomic mass is 16.5. The Kier molecular flexibility index (Phi) is 4.44. The van der Waals surface area contributed by atoms with Crippen LogP contribution in [0.4, 0.5) is 11.4 Å². The maximum Gasteiger partial charge on any atom is 0.167 e. The van der Waals surface area contributed by atoms with Gasteiger partial charge in [0.05, 0.1) is 36.9 Å². The first kappa shape index (κ1) is 17.3. The number of fused-ring (bicyclic) bond motifs is 2. The molecule has 0 amide bonds. The zero-order chi connectivity index (χ0) is 19.0. The number of methoxy groups -OCH3 is 2. The summed E-state index contributed by atoms with van der Waals surface area (Å²) in [5.74, 6) is 1.61. The number of carbonyl (C=O) groups excluding carboxylic acids is 1. The summed E-state index contributed by atoms with van der Waals surface area (Å²) >= 11 is 0. The fraction of sp³-hybridized carbons (Fsp3) is 0.273. The number of carbonyl (C=O) groups is 1. The maximum absolute atomic E-state index is 13.0. The van der Waals surface area contributed by atoms with Gasteiger partial charge in [-0.3, -0.25) is 9.79 Å². The molecule has 4 rings (SSSR count). The number of ether oxygens (including phenoxy) is 2. The van der Waals surface area contributed by atoms with Crippen LogP contribution in [0.2, 0.25) is 0 Å². The van der Waals surface area contributed by atoms with Gasteiger partial charge in [-0.25, -0.2) is 0 Å². The normalized spacial score (nSPS) is 18.7. The second kappa shape index (κ2) is 6.91. The number of nitrogens with zero attached hydrogens (tertiary/aromatic N) is 1. The standard InChI is InChI=1S/C22H22N2O3/c1-13-22-19(24-18-7-5-4-6-17(18)23-13)10-14(11-20(22)25)16-9-8-15(26-2)12-21(16)27-3/h4-9,12,14,23H,10-11H2,1-3H3. The van der Waals surface area contributed by atoms with Crippen molar-refractivity contribution < 1.29 is 14.3 Å². The van der Waals surface area contributed by atoms with Gasteiger partial charge in [-0.1, -0.05) is 18.2 Å². The average Bonchev–Trinajstić information content (AvgIpc) is 2.82. The molecule has 5 nitrogen and oxygen atoms in total. The van der Waals surface area contributed by atoms with E-state index in [-0.39, 0.29) is 11.7 Å². The van der Waals surface area contributed by atoms with Crippen molar-refractivity contribution in [3.8, 4) is 11.5 Å². The number of anilines is 1. The summed E-state index contributed by atoms with van der Waals surface area (Å²) in [5.41, 5.74) is 5.21. The van der Waals surface area contributed by atoms with Gasteiger partial charge in [0.2, 0.25) is 0 Å². The van der Waals surface area contributed by atoms with Gasteiger partial charge in [0.15, 0.2) is 5.78 Å². The maximum atomic E-state index is 13.0. The number of allylic oxidation sites excluding steroid dienone is 2. The SMILES string of the molecule is COc1ccc(C2CC(=O)C3=C(C)Nc4ccccc4N=C3C2)c(OC)c1. The van der Waals surface area contributed by atoms with E-state index < -0.39 is 0 Å². The van der Waals surface area contributed by atoms with Gasteiger partial charge >= 0.3 is 0 Å². The van der Waals surface area contributed by atoms with Crippen molar-refractivity contribution in [2.75, 3.05) is 19.5 Å². The predicted octanol–water partition coefficient (Wildman–Crippen LogP) is 4.62. The summed E-state index contributed by atoms with van der Waals surface area (Å²) in [6.07, 6.45) is 1.13. The number of rotatable bonds is 3. The summed E-state index contributed by atoms with van der Waals surface area (Å²) in [7, 11) is 3.27. The highest BCUT2D eigenvalue weighted by Crippen LogP contribution is 2.41. The van der Waals surface area contributed by atoms with Crippen LogP contribution in [-0.2, 0) is 4.79 Å². The molecule has 1 N–H and O–H groups in total. The molecule has 5 heteroatoms. The van der Waals surface area contributed by atoms with Crippen LogP contribution in [0.25, 0.3) is 0 Å². The first-order valence-electron chi connectivity index (χ1n) is 9.00. The third-order valence-corrected chi connectivity index (χ3v) is 5.18. The minimum atomic E-state index is 0.0268. The minimum absolute atomic E-state index is 0.0268. The third kappa shape index (κ3) is 3.10. The van der Waals surface area contributed by atoms with Crippen molar-refractivity contribution in [1.29, 1.82) is 0 Å². The van der Waals surface area contributed by atoms with Gasteiger partial charge in [0, 0.05) is 24.1 Å². The van der Waals surface area contributed by atoms with E-state index in [1.54, 1.807) is 14.2 Å². The Bertz CT molecular complexity index is 975. The largest absolute Gasteiger partial charge is 0.497 e. The average molecular weight is 362 g/mol. The molecule has 0 aromatic heterocycles. The summed E-state index contributed by atoms with van der Waals surface area (Å²) in [6, 6.07) is 13.6. The lowest BCUT2D eigenvalue weighted by Crippen LogP contribution is -2.26. The van der Waals surface area contributed by atoms with Gasteiger partial charge in [-0.15, -0.1) is 0 Å². The summed E-state index contributed by atoms with van der Waals surface area (Å²) in [6.45, 7) is 1.94. The van der Waals surface area contributed by atoms with Crippen LogP contribution in [0.5, 0.6) is 11.5 Å². The number of hydrogen-bond acceptors (Lipinski definition) is 5. The Balaban J connectivity index is 1.77. The monoisotopic (exact) mass is 362 g/mol. The topological polar surface area (TPSA) is 59.9 Å². The van der Waals surface area contributed by atoms with Crippen LogP contribution >= 0.6 is 0 Å². The van der Waals surface area contributed by atoms with E-state index in [0.29, 0.717) is 12.8 Å². The molecule has 1 aliphatic carbocycles. The van der Waals surface area contributed by atoms with Crippen molar-refractivity contribution in [2.45, 2.75) is 25.7 Å². The van der Waals surface area contributed by atoms with Gasteiger partial charge in [-0.2, -0.15) is 0 Å². The smallest absolute Gasteiger partial charge is 0.167 e. The second-order valence-corrected chi connectivity index (χ2v) is 6.84. The van der Waals surface area contributed by atoms with Crippen LogP contribution in [0, 0.1) is 0 Å². The molecule has 0 spiro atoms. The Morgan fingerprint density at radius 3 is 2.67 bits per heavy atom. The van der Waals surface area contributed by atoms with Crippen molar-refractivity contribution in [2.24, 2.45) is 4.99 Å². The number of hydrogen-bond donors (Lipinski definition) is 1. The van der Waals surface area contributed by atoms with E-state index in [1.165, 1.54) is 0 Å². The number of nitrogens with one attached hydrogen (secondary N) is 1. The second-order valence-electron chi connectivity index (χ2n) is 6.84. The molecular formula is C22H22N2O3. The van der Waals surface area contributed by atoms with Crippen LogP contribution < -0.4 is 14.8 Å². The third-order valence-electron chi connectivity index (χ3n) is 5.18. The van der Waals surface area contributed by atoms with Gasteiger partial charge in [0.25, 0.3) is 0 Å². The lowest BCUT2D eigenvalue weighted by molar-refractivity contribution is -0.115. The Hall–Kier alpha value is -3.08. The van der Waals surface area contributed by atoms with Crippen molar-refractivity contribution in [3.05, 3.63) is 59.3 Å². The molecule has 0 radical (unpaired) electrons. The van der Waals surface area contributed by atoms with E-state index in [4.69, 9.17) is 14.5 Å². The number of ketones is 1. The van der Waals surface area contributed by atoms with Gasteiger partial charge < -0.3 is 14.8 Å². The molecule has 2 aromatic rings. The molecule has 1 fully saturated rings. The fourth-order valence-corrected chi connectivity index (χ4v) is 3.88. The van der Waals surface area contributed by atoms with E-state index in [9.17, 15) is 4.79 Å². The van der Waals surface area contributed by atoms with E-state index in [2.05, 4.69) is 5.32 Å². The van der Waals surface area contributed by atoms with Crippen LogP contribution in [-0.4, -0.2) is 25.7 Å². The summed E-state index contributed by atoms with van der Waals surface area (Å²) < 4.78 is 10.8. The van der Waals surface area contributed by atoms with Crippen LogP contribution in [0.15, 0.2) is 58.7 Å². The quantitative estimate of drug-likeness (QED) is 0.865. The molecule has 1 aliphatic heterocycles. The summed E-state index contributed by atoms with van der Waals surface area (Å²) in [5, 5.41) is 3.35. The van der Waals surface area contributed by atoms with E-state index in [0.717, 1.165) is 45.4 Å². The van der Waals surface area contributed by atoms with Crippen molar-refractivity contribution in [3.63, 3.8) is 0 Å². The van der Waals surface area contributed by atoms with Crippen molar-refractivity contribution >= 4 is 22.9 Å². The lowest BCUT2D eigenvalue weighted by Gasteiger charge is -2.27. The number of Topliss-reactive ketones (excluding diaryl/α,β-unsaturated/α-hetero) is 1. The minimum Gasteiger partial charge on any atom is -0.497 e. The van der Waals surface area contributed by atoms with E-state index >= 15 is 0 Å². The van der Waals surface area contributed by atoms with E-state index in [1.807, 2.05) is 49.4 Å². The first-order chi connectivity index (χ1) is 13.1. The fourth-order valence-electron chi connectivity index (χ4n) is 3.88. The lowest BCUT2D eigenvalue weighted by atomic mass is 9.78. The molecule has 27 heavy (non-hydrogen) atoms. The van der Waals surface area contributed by atoms with Gasteiger partial charge in [-0.05, 0) is 37.1 Å². The predicted molar refractivity (Wildman–Crippen MR) is 106 cm³/mol.